The Bertz CT molecular complexity index is 6760. The molecule has 12 aromatic carbocycles. The van der Waals surface area contributed by atoms with Crippen molar-refractivity contribution in [2.24, 2.45) is 0 Å². The van der Waals surface area contributed by atoms with Crippen LogP contribution in [-0.4, -0.2) is 18.7 Å². The van der Waals surface area contributed by atoms with Crippen LogP contribution in [0.15, 0.2) is 273 Å². The molecule has 0 radical (unpaired) electrons. The van der Waals surface area contributed by atoms with Crippen LogP contribution in [0.2, 0.25) is 0 Å². The summed E-state index contributed by atoms with van der Waals surface area (Å²) in [4.78, 5) is 4.87. The third-order valence-corrected chi connectivity index (χ3v) is 17.1. The van der Waals surface area contributed by atoms with Gasteiger partial charge in [-0.25, -0.2) is 4.98 Å². The maximum atomic E-state index is 10.5. The number of fused-ring (bicyclic) bond motifs is 13. The largest absolute Gasteiger partial charge is 0.510 e. The summed E-state index contributed by atoms with van der Waals surface area (Å²) in [5.74, 6) is 1.03. The van der Waals surface area contributed by atoms with Crippen molar-refractivity contribution in [2.75, 3.05) is 0 Å². The SMILES string of the molecule is [2H]c1c([2H])c([2H])c(-c2c([2H])c(-c3cc4c5c(c3)n(-c3[c-]c(Oc6[c-]c7c(cc6)c6ccccc6n7-c6cc(C(C)(C)C)ccn6)ccc3)[c-][n+]5-c3c(cc(C(C)(C)C)cc3-n3c5ccccc5c5ccccc53)-c3c([2H])c([2H])c([2H])c([2H])c3-c3c([2H])c([2H])c([2H])c([2H])c3-4)c([2H])c(-c3c([2H])c([2H])c([2H])c([2H])c3[2H])c2[2H])c([2H])c1[2H].[Pt]. The quantitative estimate of drug-likeness (QED) is 0.112. The second-order valence-electron chi connectivity index (χ2n) is 24.8. The fraction of sp³-hybridized carbons (Fsp3) is 0.0930. The standard InChI is InChI=1S/C86H63N5O.Pt/c1-85(2,3)61-42-43-87-82(51-61)91-78-39-22-19-36-72(78)73-41-40-65(53-79(73)91)92-64-29-23-28-63(52-64)88-54-89-83-74(47-60(48-80(83)88)59-45-57(55-24-9-7-10-25-55)44-58(46-59)56-26-11-8-12-27-56)68-32-15-13-30-66(68)67-31-14-16-33-69(67)75-49-62(86(4,5)6)50-81(84(75)89)90-76-37-20-17-34-70(76)71-35-18-21-38-77(71)90;/h7-51H,1-6H3;/q-2;/i7D,8D,9D,10D,11D,12D,13D,14D,15D,16D,24D,25D,26D,27D,30D,31D,32D,33D,44D,45D,46D;. The van der Waals surface area contributed by atoms with Crippen LogP contribution in [0, 0.1) is 18.5 Å². The number of ether oxygens (including phenoxy) is 1. The van der Waals surface area contributed by atoms with Crippen molar-refractivity contribution in [2.45, 2.75) is 52.4 Å². The fourth-order valence-electron chi connectivity index (χ4n) is 12.7. The Morgan fingerprint density at radius 2 is 0.957 bits per heavy atom. The molecular weight excluding hydrogens is 1310 g/mol. The molecule has 1 aliphatic heterocycles. The van der Waals surface area contributed by atoms with Gasteiger partial charge in [0.15, 0.2) is 0 Å². The van der Waals surface area contributed by atoms with E-state index in [9.17, 15) is 20.6 Å². The van der Waals surface area contributed by atoms with E-state index in [2.05, 4.69) is 39.2 Å². The van der Waals surface area contributed by atoms with E-state index >= 15 is 0 Å². The maximum absolute atomic E-state index is 10.5. The summed E-state index contributed by atoms with van der Waals surface area (Å²) in [5, 5.41) is 3.46. The van der Waals surface area contributed by atoms with Crippen molar-refractivity contribution in [3.05, 3.63) is 302 Å². The van der Waals surface area contributed by atoms with Gasteiger partial charge in [0.05, 0.1) is 62.2 Å². The van der Waals surface area contributed by atoms with Gasteiger partial charge in [0.2, 0.25) is 0 Å². The van der Waals surface area contributed by atoms with Crippen LogP contribution in [0.3, 0.4) is 0 Å². The monoisotopic (exact) mass is 1400 g/mol. The number of hydrogen-bond donors (Lipinski definition) is 0. The van der Waals surface area contributed by atoms with Crippen LogP contribution in [0.25, 0.3) is 144 Å². The topological polar surface area (TPSA) is 40.8 Å². The van der Waals surface area contributed by atoms with E-state index in [-0.39, 0.29) is 93.8 Å². The molecule has 4 aromatic heterocycles. The summed E-state index contributed by atoms with van der Waals surface area (Å²) in [6.45, 7) is 12.3. The molecule has 0 aliphatic carbocycles. The van der Waals surface area contributed by atoms with E-state index in [1.165, 1.54) is 12.1 Å². The first-order chi connectivity index (χ1) is 53.6. The first kappa shape index (κ1) is 38.9. The maximum Gasteiger partial charge on any atom is 0.268 e. The van der Waals surface area contributed by atoms with Crippen molar-refractivity contribution in [3.63, 3.8) is 0 Å². The molecule has 450 valence electrons. The van der Waals surface area contributed by atoms with Crippen LogP contribution >= 0.6 is 0 Å². The summed E-state index contributed by atoms with van der Waals surface area (Å²) < 4.78 is 215. The Labute approximate surface area is 585 Å². The molecule has 16 aromatic rings. The van der Waals surface area contributed by atoms with E-state index in [4.69, 9.17) is 17.9 Å². The van der Waals surface area contributed by atoms with Crippen LogP contribution in [0.4, 0.5) is 0 Å². The summed E-state index contributed by atoms with van der Waals surface area (Å²) in [6.07, 6.45) is 5.43. The molecular formula is C86H63N5OPt-2. The van der Waals surface area contributed by atoms with Gasteiger partial charge in [0, 0.05) is 55.1 Å². The van der Waals surface area contributed by atoms with E-state index in [1.54, 1.807) is 39.6 Å². The Morgan fingerprint density at radius 1 is 0.430 bits per heavy atom. The second kappa shape index (κ2) is 22.3. The summed E-state index contributed by atoms with van der Waals surface area (Å²) in [5.41, 5.74) is -0.485. The minimum Gasteiger partial charge on any atom is -0.510 e. The molecule has 0 saturated heterocycles. The Hall–Kier alpha value is -10.7. The second-order valence-corrected chi connectivity index (χ2v) is 24.8. The fourth-order valence-corrected chi connectivity index (χ4v) is 12.7. The average molecular weight is 1400 g/mol. The molecule has 0 unspecified atom stereocenters. The number of aromatic nitrogens is 5. The third kappa shape index (κ3) is 9.74. The molecule has 0 amide bonds. The molecule has 0 saturated carbocycles. The van der Waals surface area contributed by atoms with Gasteiger partial charge in [-0.2, -0.15) is 18.2 Å². The molecule has 6 nitrogen and oxygen atoms in total. The first-order valence-corrected chi connectivity index (χ1v) is 30.0. The van der Waals surface area contributed by atoms with E-state index in [0.29, 0.717) is 33.6 Å². The van der Waals surface area contributed by atoms with Crippen molar-refractivity contribution in [3.8, 4) is 101 Å². The number of nitrogens with zero attached hydrogens (tertiary/aromatic N) is 5. The number of imidazole rings is 1. The van der Waals surface area contributed by atoms with E-state index in [1.807, 2.05) is 133 Å². The van der Waals surface area contributed by atoms with Gasteiger partial charge in [-0.3, -0.25) is 4.57 Å². The van der Waals surface area contributed by atoms with Gasteiger partial charge in [0.1, 0.15) is 5.82 Å². The molecule has 0 atom stereocenters. The molecule has 0 N–H and O–H groups in total. The molecule has 17 rings (SSSR count). The van der Waals surface area contributed by atoms with Crippen LogP contribution in [0.5, 0.6) is 11.5 Å². The Balaban J connectivity index is 0.00000979. The van der Waals surface area contributed by atoms with Crippen LogP contribution in [0.1, 0.15) is 81.5 Å². The van der Waals surface area contributed by atoms with Crippen molar-refractivity contribution >= 4 is 54.6 Å². The van der Waals surface area contributed by atoms with Crippen LogP contribution in [-0.2, 0) is 31.9 Å². The summed E-state index contributed by atoms with van der Waals surface area (Å²) in [7, 11) is 0. The molecule has 93 heavy (non-hydrogen) atoms. The van der Waals surface area contributed by atoms with Crippen molar-refractivity contribution < 1.29 is 59.2 Å². The normalized spacial score (nSPS) is 15.3. The minimum atomic E-state index is -0.924. The molecule has 5 heterocycles. The van der Waals surface area contributed by atoms with Gasteiger partial charge >= 0.3 is 0 Å². The summed E-state index contributed by atoms with van der Waals surface area (Å²) in [6, 6.07) is 32.8. The number of pyridine rings is 1. The molecule has 0 spiro atoms. The van der Waals surface area contributed by atoms with Gasteiger partial charge in [-0.05, 0) is 160 Å². The first-order valence-electron chi connectivity index (χ1n) is 40.5. The zero-order valence-corrected chi connectivity index (χ0v) is 53.1. The molecule has 7 heteroatoms. The number of hydrogen-bond acceptors (Lipinski definition) is 2. The number of benzene rings is 12. The molecule has 0 bridgehead atoms. The Kier molecular flexibility index (Phi) is 9.34. The third-order valence-electron chi connectivity index (χ3n) is 17.1. The van der Waals surface area contributed by atoms with Crippen LogP contribution < -0.4 is 9.30 Å². The molecule has 0 fully saturated rings. The number of para-hydroxylation sites is 3. The van der Waals surface area contributed by atoms with E-state index < -0.39 is 166 Å². The number of rotatable bonds is 8. The zero-order valence-electron chi connectivity index (χ0n) is 71.8. The van der Waals surface area contributed by atoms with Gasteiger partial charge in [-0.15, -0.1) is 29.7 Å². The summed E-state index contributed by atoms with van der Waals surface area (Å²) >= 11 is 0. The van der Waals surface area contributed by atoms with Gasteiger partial charge in [0.25, 0.3) is 6.33 Å². The minimum absolute atomic E-state index is 0. The zero-order chi connectivity index (χ0) is 80.3. The van der Waals surface area contributed by atoms with E-state index in [0.717, 1.165) is 32.6 Å². The predicted molar refractivity (Wildman–Crippen MR) is 378 cm³/mol. The van der Waals surface area contributed by atoms with Gasteiger partial charge in [-0.1, -0.05) is 223 Å². The average Bonchev–Trinajstić information content (AvgIpc) is 1.50. The van der Waals surface area contributed by atoms with Gasteiger partial charge < -0.3 is 18.4 Å². The van der Waals surface area contributed by atoms with Crippen molar-refractivity contribution in [1.82, 2.24) is 18.7 Å². The Morgan fingerprint density at radius 3 is 1.56 bits per heavy atom. The molecule has 1 aliphatic rings. The predicted octanol–water partition coefficient (Wildman–Crippen LogP) is 21.6. The van der Waals surface area contributed by atoms with Crippen molar-refractivity contribution in [1.29, 1.82) is 0 Å². The smallest absolute Gasteiger partial charge is 0.268 e.